The molecule has 168 valence electrons. The Kier molecular flexibility index (Phi) is 5.07. The van der Waals surface area contributed by atoms with E-state index >= 15 is 0 Å². The van der Waals surface area contributed by atoms with E-state index < -0.39 is 29.3 Å². The Balaban J connectivity index is 1.24. The maximum Gasteiger partial charge on any atom is 0.352 e. The Bertz CT molecular complexity index is 848. The van der Waals surface area contributed by atoms with Gasteiger partial charge in [0.15, 0.2) is 0 Å². The third-order valence-corrected chi connectivity index (χ3v) is 9.06. The monoisotopic (exact) mass is 448 g/mol. The highest BCUT2D eigenvalue weighted by molar-refractivity contribution is 8.00. The minimum absolute atomic E-state index is 0.0906. The molecule has 4 bridgehead atoms. The average molecular weight is 449 g/mol. The average Bonchev–Trinajstić information content (AvgIpc) is 2.68. The quantitative estimate of drug-likeness (QED) is 0.471. The van der Waals surface area contributed by atoms with Gasteiger partial charge < -0.3 is 15.2 Å². The summed E-state index contributed by atoms with van der Waals surface area (Å²) in [7, 11) is 0. The maximum absolute atomic E-state index is 12.9. The first-order chi connectivity index (χ1) is 14.7. The number of fused-ring (bicyclic) bond motifs is 1. The molecule has 4 saturated carbocycles. The minimum atomic E-state index is -1.22. The van der Waals surface area contributed by atoms with E-state index in [0.29, 0.717) is 17.7 Å². The normalized spacial score (nSPS) is 37.9. The van der Waals surface area contributed by atoms with E-state index in [0.717, 1.165) is 37.0 Å². The molecule has 2 aliphatic heterocycles. The third kappa shape index (κ3) is 3.64. The Hall–Kier alpha value is -2.03. The Morgan fingerprint density at radius 3 is 2.32 bits per heavy atom. The Morgan fingerprint density at radius 2 is 1.77 bits per heavy atom. The molecule has 4 aliphatic carbocycles. The molecule has 2 amide bonds. The number of nitrogens with zero attached hydrogens (tertiary/aromatic N) is 1. The van der Waals surface area contributed by atoms with Gasteiger partial charge in [0, 0.05) is 24.7 Å². The van der Waals surface area contributed by atoms with Gasteiger partial charge in [-0.1, -0.05) is 0 Å². The maximum atomic E-state index is 12.9. The summed E-state index contributed by atoms with van der Waals surface area (Å²) in [5, 5.41) is 12.1. The van der Waals surface area contributed by atoms with Crippen LogP contribution in [0.2, 0.25) is 0 Å². The number of rotatable bonds is 6. The molecule has 6 rings (SSSR count). The van der Waals surface area contributed by atoms with E-state index in [4.69, 9.17) is 4.74 Å². The van der Waals surface area contributed by atoms with Crippen LogP contribution in [0.15, 0.2) is 11.3 Å². The van der Waals surface area contributed by atoms with Gasteiger partial charge in [0.25, 0.3) is 5.91 Å². The molecule has 8 nitrogen and oxygen atoms in total. The Labute approximate surface area is 185 Å². The van der Waals surface area contributed by atoms with Gasteiger partial charge in [0.1, 0.15) is 23.7 Å². The molecule has 0 aromatic rings. The highest BCUT2D eigenvalue weighted by atomic mass is 32.2. The second-order valence-electron chi connectivity index (χ2n) is 10.1. The lowest BCUT2D eigenvalue weighted by Gasteiger charge is -2.57. The van der Waals surface area contributed by atoms with E-state index in [9.17, 15) is 24.3 Å². The largest absolute Gasteiger partial charge is 0.477 e. The number of β-lactam (4-membered cyclic amide) rings is 1. The molecule has 0 spiro atoms. The zero-order chi connectivity index (χ0) is 21.9. The van der Waals surface area contributed by atoms with Gasteiger partial charge >= 0.3 is 11.9 Å². The van der Waals surface area contributed by atoms with Crippen molar-refractivity contribution >= 4 is 35.5 Å². The number of nitrogens with one attached hydrogen (secondary N) is 1. The van der Waals surface area contributed by atoms with E-state index in [1.165, 1.54) is 42.8 Å². The van der Waals surface area contributed by atoms with Gasteiger partial charge in [-0.15, -0.1) is 11.8 Å². The molecule has 0 aromatic heterocycles. The summed E-state index contributed by atoms with van der Waals surface area (Å²) in [5.41, 5.74) is 0.367. The minimum Gasteiger partial charge on any atom is -0.477 e. The van der Waals surface area contributed by atoms with Crippen molar-refractivity contribution in [2.75, 3.05) is 12.4 Å². The van der Waals surface area contributed by atoms with E-state index in [2.05, 4.69) is 5.32 Å². The summed E-state index contributed by atoms with van der Waals surface area (Å²) in [4.78, 5) is 49.8. The lowest BCUT2D eigenvalue weighted by Crippen LogP contribution is -2.70. The second kappa shape index (κ2) is 7.53. The number of thioether (sulfide) groups is 1. The molecule has 6 aliphatic rings. The number of ether oxygens (including phenoxy) is 1. The van der Waals surface area contributed by atoms with Crippen LogP contribution in [0.25, 0.3) is 0 Å². The number of aliphatic carboxylic acids is 1. The number of hydrogen-bond acceptors (Lipinski definition) is 6. The number of carbonyl (C=O) groups excluding carboxylic acids is 3. The summed E-state index contributed by atoms with van der Waals surface area (Å²) in [5.74, 6) is 0.382. The first-order valence-electron chi connectivity index (χ1n) is 11.1. The van der Waals surface area contributed by atoms with Crippen molar-refractivity contribution < 1.29 is 29.0 Å². The van der Waals surface area contributed by atoms with Crippen LogP contribution in [0.4, 0.5) is 0 Å². The van der Waals surface area contributed by atoms with Crippen molar-refractivity contribution in [3.8, 4) is 0 Å². The highest BCUT2D eigenvalue weighted by Crippen LogP contribution is 2.61. The molecule has 5 fully saturated rings. The Morgan fingerprint density at radius 1 is 1.16 bits per heavy atom. The molecular weight excluding hydrogens is 420 g/mol. The van der Waals surface area contributed by atoms with Crippen LogP contribution >= 0.6 is 11.8 Å². The number of carbonyl (C=O) groups is 4. The summed E-state index contributed by atoms with van der Waals surface area (Å²) >= 11 is 1.40. The number of hydrogen-bond donors (Lipinski definition) is 2. The fourth-order valence-electron chi connectivity index (χ4n) is 7.05. The summed E-state index contributed by atoms with van der Waals surface area (Å²) in [6.07, 6.45) is 7.79. The van der Waals surface area contributed by atoms with Crippen LogP contribution in [0.3, 0.4) is 0 Å². The van der Waals surface area contributed by atoms with Gasteiger partial charge in [0.2, 0.25) is 5.91 Å². The standard InChI is InChI=1S/C22H28N2O6S/c1-11(25)30-9-15-10-31-20-17(19(27)24(20)18(15)21(28)29)23-16(26)8-22-5-12-2-13(6-22)4-14(3-12)7-22/h12-14,17,20H,2-10H2,1H3,(H,23,26)(H,28,29)/t12?,13?,14?,17-,20-,22?/m1/s1. The lowest BCUT2D eigenvalue weighted by atomic mass is 9.49. The molecule has 2 atom stereocenters. The number of amides is 2. The van der Waals surface area contributed by atoms with Gasteiger partial charge in [0.05, 0.1) is 0 Å². The summed E-state index contributed by atoms with van der Waals surface area (Å²) < 4.78 is 4.95. The van der Waals surface area contributed by atoms with Gasteiger partial charge in [-0.05, 0) is 61.7 Å². The van der Waals surface area contributed by atoms with Crippen LogP contribution in [0, 0.1) is 23.2 Å². The smallest absolute Gasteiger partial charge is 0.352 e. The third-order valence-electron chi connectivity index (χ3n) is 7.72. The fourth-order valence-corrected chi connectivity index (χ4v) is 8.38. The van der Waals surface area contributed by atoms with Crippen molar-refractivity contribution in [2.45, 2.75) is 63.3 Å². The van der Waals surface area contributed by atoms with Crippen molar-refractivity contribution in [1.29, 1.82) is 0 Å². The highest BCUT2D eigenvalue weighted by Gasteiger charge is 2.55. The van der Waals surface area contributed by atoms with E-state index in [-0.39, 0.29) is 23.6 Å². The summed E-state index contributed by atoms with van der Waals surface area (Å²) in [6.45, 7) is 1.10. The predicted molar refractivity (Wildman–Crippen MR) is 112 cm³/mol. The number of esters is 1. The SMILES string of the molecule is CC(=O)OCC1=C(C(=O)O)N2C(=O)[C@@H](NC(=O)CC34CC5CC(CC(C5)C3)C4)[C@H]2SC1. The van der Waals surface area contributed by atoms with Crippen molar-refractivity contribution in [3.05, 3.63) is 11.3 Å². The molecule has 9 heteroatoms. The first kappa shape index (κ1) is 20.8. The number of carboxylic acids is 1. The molecule has 0 unspecified atom stereocenters. The zero-order valence-corrected chi connectivity index (χ0v) is 18.4. The topological polar surface area (TPSA) is 113 Å². The molecule has 0 aromatic carbocycles. The second-order valence-corrected chi connectivity index (χ2v) is 11.2. The van der Waals surface area contributed by atoms with Gasteiger partial charge in [-0.3, -0.25) is 19.3 Å². The van der Waals surface area contributed by atoms with Crippen molar-refractivity contribution in [2.24, 2.45) is 23.2 Å². The summed E-state index contributed by atoms with van der Waals surface area (Å²) in [6, 6.07) is -0.698. The predicted octanol–water partition coefficient (Wildman–Crippen LogP) is 1.89. The van der Waals surface area contributed by atoms with Crippen LogP contribution in [-0.4, -0.2) is 57.5 Å². The van der Waals surface area contributed by atoms with Gasteiger partial charge in [-0.25, -0.2) is 4.79 Å². The first-order valence-corrected chi connectivity index (χ1v) is 12.1. The van der Waals surface area contributed by atoms with Gasteiger partial charge in [-0.2, -0.15) is 0 Å². The lowest BCUT2D eigenvalue weighted by molar-refractivity contribution is -0.151. The van der Waals surface area contributed by atoms with Crippen molar-refractivity contribution in [1.82, 2.24) is 10.2 Å². The molecule has 0 radical (unpaired) electrons. The molecule has 1 saturated heterocycles. The van der Waals surface area contributed by atoms with E-state index in [1.54, 1.807) is 0 Å². The fraction of sp³-hybridized carbons (Fsp3) is 0.727. The van der Waals surface area contributed by atoms with Crippen LogP contribution in [0.5, 0.6) is 0 Å². The number of carboxylic acid groups (broad SMARTS) is 1. The van der Waals surface area contributed by atoms with Crippen LogP contribution < -0.4 is 5.32 Å². The van der Waals surface area contributed by atoms with Crippen molar-refractivity contribution in [3.63, 3.8) is 0 Å². The molecule has 31 heavy (non-hydrogen) atoms. The zero-order valence-electron chi connectivity index (χ0n) is 17.6. The molecule has 2 N–H and O–H groups in total. The molecular formula is C22H28N2O6S. The van der Waals surface area contributed by atoms with Crippen LogP contribution in [0.1, 0.15) is 51.9 Å². The van der Waals surface area contributed by atoms with E-state index in [1.807, 2.05) is 0 Å². The van der Waals surface area contributed by atoms with Crippen LogP contribution in [-0.2, 0) is 23.9 Å². The molecule has 2 heterocycles.